The molecule has 0 aromatic carbocycles. The molecule has 0 aliphatic carbocycles. The van der Waals surface area contributed by atoms with E-state index in [4.69, 9.17) is 14.2 Å². The molecule has 0 aliphatic heterocycles. The van der Waals surface area contributed by atoms with E-state index >= 15 is 0 Å². The Kier molecular flexibility index (Phi) is 49.4. The second-order valence-electron chi connectivity index (χ2n) is 17.4. The number of esters is 3. The fraction of sp³-hybridized carbons (Fsp3) is 0.707. The molecule has 0 aromatic heterocycles. The molecule has 0 spiro atoms. The summed E-state index contributed by atoms with van der Waals surface area (Å²) in [5.41, 5.74) is 0. The topological polar surface area (TPSA) is 78.9 Å². The number of hydrogen-bond donors (Lipinski definition) is 0. The van der Waals surface area contributed by atoms with Crippen LogP contribution in [0, 0.1) is 0 Å². The van der Waals surface area contributed by atoms with Crippen LogP contribution in [0.5, 0.6) is 0 Å². The average molecular weight is 891 g/mol. The maximum atomic E-state index is 12.8. The van der Waals surface area contributed by atoms with E-state index in [1.165, 1.54) is 109 Å². The van der Waals surface area contributed by atoms with E-state index in [1.807, 2.05) is 0 Å². The van der Waals surface area contributed by atoms with Gasteiger partial charge in [0.25, 0.3) is 0 Å². The van der Waals surface area contributed by atoms with Gasteiger partial charge >= 0.3 is 17.9 Å². The number of rotatable bonds is 47. The highest BCUT2D eigenvalue weighted by Gasteiger charge is 2.19. The predicted octanol–water partition coefficient (Wildman–Crippen LogP) is 17.6. The van der Waals surface area contributed by atoms with Crippen molar-refractivity contribution >= 4 is 17.9 Å². The van der Waals surface area contributed by atoms with Gasteiger partial charge in [0.1, 0.15) is 13.2 Å². The minimum atomic E-state index is -0.807. The summed E-state index contributed by atoms with van der Waals surface area (Å²) in [6.07, 6.45) is 67.1. The Labute approximate surface area is 395 Å². The summed E-state index contributed by atoms with van der Waals surface area (Å²) in [4.78, 5) is 38.0. The number of hydrogen-bond acceptors (Lipinski definition) is 6. The molecular weight excluding hydrogens is 793 g/mol. The van der Waals surface area contributed by atoms with E-state index in [1.54, 1.807) is 0 Å². The summed E-state index contributed by atoms with van der Waals surface area (Å²) in [5.74, 6) is -0.966. The largest absolute Gasteiger partial charge is 0.462 e. The molecule has 366 valence electrons. The minimum Gasteiger partial charge on any atom is -0.462 e. The van der Waals surface area contributed by atoms with Gasteiger partial charge in [0, 0.05) is 19.3 Å². The van der Waals surface area contributed by atoms with Crippen LogP contribution in [-0.2, 0) is 28.6 Å². The van der Waals surface area contributed by atoms with Gasteiger partial charge in [0.05, 0.1) is 0 Å². The maximum absolute atomic E-state index is 12.8. The van der Waals surface area contributed by atoms with Gasteiger partial charge in [-0.3, -0.25) is 14.4 Å². The van der Waals surface area contributed by atoms with Crippen molar-refractivity contribution in [1.29, 1.82) is 0 Å². The van der Waals surface area contributed by atoms with Gasteiger partial charge in [-0.05, 0) is 89.9 Å². The van der Waals surface area contributed by atoms with Gasteiger partial charge < -0.3 is 14.2 Å². The Balaban J connectivity index is 4.48. The standard InChI is InChI=1S/C58H98O6/c1-4-7-10-13-16-19-22-25-27-29-31-33-36-39-42-45-48-51-57(60)63-54-55(53-62-56(59)50-47-44-41-38-35-24-21-18-15-12-9-6-3)64-58(61)52-49-46-43-40-37-34-32-30-28-26-23-20-17-14-11-8-5-2/h8,11,16-17,19-20,25-28,32,34,40,43,55H,4-7,9-10,12-15,18,21-24,29-31,33,35-39,41-42,44-54H2,1-3H3/b11-8-,19-16-,20-17-,27-25-,28-26-,34-32-,43-40-/t55-/m0/s1. The fourth-order valence-corrected chi connectivity index (χ4v) is 7.15. The molecule has 0 aliphatic rings. The van der Waals surface area contributed by atoms with Crippen LogP contribution in [0.4, 0.5) is 0 Å². The zero-order valence-electron chi connectivity index (χ0n) is 41.8. The van der Waals surface area contributed by atoms with Crippen molar-refractivity contribution in [3.05, 3.63) is 85.1 Å². The summed E-state index contributed by atoms with van der Waals surface area (Å²) >= 11 is 0. The molecule has 0 fully saturated rings. The molecule has 6 heteroatoms. The fourth-order valence-electron chi connectivity index (χ4n) is 7.15. The van der Waals surface area contributed by atoms with E-state index in [2.05, 4.69) is 106 Å². The zero-order valence-corrected chi connectivity index (χ0v) is 41.8. The molecule has 0 aromatic rings. The number of carbonyl (C=O) groups excluding carboxylic acids is 3. The SMILES string of the molecule is CC/C=C\C/C=C\C/C=C\C/C=C\C/C=C\CCCC(=O)O[C@H](COC(=O)CCCCCCCCC/C=C\C/C=C\CCCCC)COC(=O)CCCCCCCCCCCCCC. The molecule has 1 atom stereocenters. The lowest BCUT2D eigenvalue weighted by molar-refractivity contribution is -0.167. The van der Waals surface area contributed by atoms with Gasteiger partial charge in [-0.1, -0.05) is 221 Å². The average Bonchev–Trinajstić information content (AvgIpc) is 3.29. The van der Waals surface area contributed by atoms with Crippen LogP contribution >= 0.6 is 0 Å². The third-order valence-corrected chi connectivity index (χ3v) is 11.1. The lowest BCUT2D eigenvalue weighted by Crippen LogP contribution is -2.30. The molecule has 0 unspecified atom stereocenters. The molecule has 0 N–H and O–H groups in total. The predicted molar refractivity (Wildman–Crippen MR) is 274 cm³/mol. The van der Waals surface area contributed by atoms with E-state index in [0.717, 1.165) is 89.9 Å². The highest BCUT2D eigenvalue weighted by Crippen LogP contribution is 2.14. The first-order chi connectivity index (χ1) is 31.5. The van der Waals surface area contributed by atoms with Crippen LogP contribution in [0.3, 0.4) is 0 Å². The second-order valence-corrected chi connectivity index (χ2v) is 17.4. The highest BCUT2D eigenvalue weighted by molar-refractivity contribution is 5.71. The van der Waals surface area contributed by atoms with E-state index in [9.17, 15) is 14.4 Å². The quantitative estimate of drug-likeness (QED) is 0.0262. The maximum Gasteiger partial charge on any atom is 0.306 e. The van der Waals surface area contributed by atoms with Crippen molar-refractivity contribution in [3.63, 3.8) is 0 Å². The van der Waals surface area contributed by atoms with Crippen molar-refractivity contribution in [3.8, 4) is 0 Å². The van der Waals surface area contributed by atoms with Crippen LogP contribution in [-0.4, -0.2) is 37.2 Å². The first-order valence-corrected chi connectivity index (χ1v) is 26.6. The Morgan fingerprint density at radius 1 is 0.328 bits per heavy atom. The summed E-state index contributed by atoms with van der Waals surface area (Å²) in [7, 11) is 0. The third-order valence-electron chi connectivity index (χ3n) is 11.1. The van der Waals surface area contributed by atoms with Crippen LogP contribution in [0.1, 0.15) is 245 Å². The summed E-state index contributed by atoms with van der Waals surface area (Å²) in [5, 5.41) is 0. The van der Waals surface area contributed by atoms with Crippen molar-refractivity contribution in [2.24, 2.45) is 0 Å². The lowest BCUT2D eigenvalue weighted by Gasteiger charge is -2.18. The van der Waals surface area contributed by atoms with E-state index in [-0.39, 0.29) is 37.5 Å². The minimum absolute atomic E-state index is 0.100. The summed E-state index contributed by atoms with van der Waals surface area (Å²) in [6, 6.07) is 0. The molecule has 6 nitrogen and oxygen atoms in total. The van der Waals surface area contributed by atoms with Gasteiger partial charge in [-0.15, -0.1) is 0 Å². The van der Waals surface area contributed by atoms with Gasteiger partial charge in [0.2, 0.25) is 0 Å². The molecular formula is C58H98O6. The van der Waals surface area contributed by atoms with Crippen molar-refractivity contribution in [2.45, 2.75) is 252 Å². The summed E-state index contributed by atoms with van der Waals surface area (Å²) < 4.78 is 16.8. The molecule has 0 bridgehead atoms. The molecule has 0 heterocycles. The van der Waals surface area contributed by atoms with Crippen molar-refractivity contribution < 1.29 is 28.6 Å². The van der Waals surface area contributed by atoms with Gasteiger partial charge in [0.15, 0.2) is 6.10 Å². The van der Waals surface area contributed by atoms with Crippen LogP contribution < -0.4 is 0 Å². The van der Waals surface area contributed by atoms with Gasteiger partial charge in [-0.2, -0.15) is 0 Å². The Morgan fingerprint density at radius 3 is 1.03 bits per heavy atom. The number of ether oxygens (including phenoxy) is 3. The first kappa shape index (κ1) is 60.6. The Hall–Kier alpha value is -3.41. The number of carbonyl (C=O) groups is 3. The molecule has 0 saturated heterocycles. The lowest BCUT2D eigenvalue weighted by atomic mass is 10.0. The van der Waals surface area contributed by atoms with Crippen molar-refractivity contribution in [2.75, 3.05) is 13.2 Å². The number of allylic oxidation sites excluding steroid dienone is 14. The van der Waals surface area contributed by atoms with Crippen molar-refractivity contribution in [1.82, 2.24) is 0 Å². The zero-order chi connectivity index (χ0) is 46.5. The first-order valence-electron chi connectivity index (χ1n) is 26.6. The van der Waals surface area contributed by atoms with Crippen LogP contribution in [0.15, 0.2) is 85.1 Å². The third kappa shape index (κ3) is 49.6. The Morgan fingerprint density at radius 2 is 0.625 bits per heavy atom. The summed E-state index contributed by atoms with van der Waals surface area (Å²) in [6.45, 7) is 6.44. The molecule has 64 heavy (non-hydrogen) atoms. The smallest absolute Gasteiger partial charge is 0.306 e. The van der Waals surface area contributed by atoms with Gasteiger partial charge in [-0.25, -0.2) is 0 Å². The van der Waals surface area contributed by atoms with Crippen LogP contribution in [0.25, 0.3) is 0 Å². The molecule has 0 amide bonds. The van der Waals surface area contributed by atoms with E-state index in [0.29, 0.717) is 19.3 Å². The monoisotopic (exact) mass is 891 g/mol. The van der Waals surface area contributed by atoms with Crippen LogP contribution in [0.2, 0.25) is 0 Å². The van der Waals surface area contributed by atoms with E-state index < -0.39 is 6.10 Å². The normalized spacial score (nSPS) is 12.7. The Bertz CT molecular complexity index is 1250. The molecule has 0 radical (unpaired) electrons. The molecule has 0 rings (SSSR count). The highest BCUT2D eigenvalue weighted by atomic mass is 16.6. The second kappa shape index (κ2) is 52.2. The molecule has 0 saturated carbocycles. The number of unbranched alkanes of at least 4 members (excludes halogenated alkanes) is 22.